The maximum absolute atomic E-state index is 8.77. The first-order chi connectivity index (χ1) is 17.2. The van der Waals surface area contributed by atoms with Crippen molar-refractivity contribution in [3.05, 3.63) is 95.1 Å². The number of rotatable bonds is 5. The molecule has 0 amide bonds. The number of benzene rings is 3. The van der Waals surface area contributed by atoms with Gasteiger partial charge in [-0.1, -0.05) is 73.5 Å². The smallest absolute Gasteiger partial charge is 0.142 e. The number of nitrogens with one attached hydrogen (secondary N) is 1. The first kappa shape index (κ1) is 16.3. The minimum atomic E-state index is -2.19. The van der Waals surface area contributed by atoms with Gasteiger partial charge in [0.2, 0.25) is 0 Å². The van der Waals surface area contributed by atoms with E-state index in [4.69, 9.17) is 15.3 Å². The van der Waals surface area contributed by atoms with Crippen molar-refractivity contribution >= 4 is 39.3 Å². The Hall–Kier alpha value is -3.39. The third kappa shape index (κ3) is 3.82. The standard InChI is InChI=1S/C30H29NO/c1-20-10-15-27-28-9-5-8-26(30(28)32-29(27)18-20)21(2)19-25(16-17-31)24-13-11-23(12-14-24)22-6-3-4-7-22/h5,8-19,22,31H,3-4,6-7H2,1-2H3/b21-19+,25-16+,31-17?/i1D3,22D. The van der Waals surface area contributed by atoms with Crippen LogP contribution >= 0.6 is 0 Å². The van der Waals surface area contributed by atoms with E-state index in [9.17, 15) is 0 Å². The Labute approximate surface area is 195 Å². The molecule has 160 valence electrons. The van der Waals surface area contributed by atoms with Crippen LogP contribution in [0.15, 0.2) is 77.2 Å². The monoisotopic (exact) mass is 423 g/mol. The molecule has 1 fully saturated rings. The molecule has 1 heterocycles. The van der Waals surface area contributed by atoms with Crippen LogP contribution in [0.3, 0.4) is 0 Å². The second-order valence-electron chi connectivity index (χ2n) is 8.50. The third-order valence-corrected chi connectivity index (χ3v) is 6.39. The van der Waals surface area contributed by atoms with E-state index in [0.29, 0.717) is 11.2 Å². The number of aryl methyl sites for hydroxylation is 1. The summed E-state index contributed by atoms with van der Waals surface area (Å²) in [6.45, 7) is -0.176. The van der Waals surface area contributed by atoms with E-state index < -0.39 is 12.7 Å². The Balaban J connectivity index is 1.54. The second kappa shape index (κ2) is 8.63. The molecule has 2 heteroatoms. The highest BCUT2D eigenvalue weighted by atomic mass is 16.3. The molecule has 1 aliphatic rings. The average molecular weight is 424 g/mol. The molecule has 1 saturated carbocycles. The molecule has 0 unspecified atom stereocenters. The summed E-state index contributed by atoms with van der Waals surface area (Å²) in [7, 11) is 0. The summed E-state index contributed by atoms with van der Waals surface area (Å²) >= 11 is 0. The molecule has 0 radical (unpaired) electrons. The van der Waals surface area contributed by atoms with Crippen molar-refractivity contribution < 1.29 is 9.90 Å². The lowest BCUT2D eigenvalue weighted by Gasteiger charge is -2.11. The first-order valence-electron chi connectivity index (χ1n) is 13.2. The van der Waals surface area contributed by atoms with Gasteiger partial charge < -0.3 is 9.83 Å². The molecule has 2 nitrogen and oxygen atoms in total. The normalized spacial score (nSPS) is 18.9. The molecule has 0 saturated heterocycles. The van der Waals surface area contributed by atoms with Crippen molar-refractivity contribution in [2.24, 2.45) is 0 Å². The fourth-order valence-corrected chi connectivity index (χ4v) is 4.73. The van der Waals surface area contributed by atoms with Crippen molar-refractivity contribution in [3.8, 4) is 0 Å². The number of hydrogen-bond acceptors (Lipinski definition) is 2. The summed E-state index contributed by atoms with van der Waals surface area (Å²) in [4.78, 5) is 0. The van der Waals surface area contributed by atoms with Crippen LogP contribution in [-0.4, -0.2) is 6.21 Å². The van der Waals surface area contributed by atoms with Crippen molar-refractivity contribution in [3.63, 3.8) is 0 Å². The van der Waals surface area contributed by atoms with Crippen molar-refractivity contribution in [1.82, 2.24) is 0 Å². The minimum absolute atomic E-state index is 0.259. The Morgan fingerprint density at radius 1 is 1.06 bits per heavy atom. The Morgan fingerprint density at radius 2 is 1.88 bits per heavy atom. The number of allylic oxidation sites excluding steroid dienone is 4. The van der Waals surface area contributed by atoms with Crippen molar-refractivity contribution in [2.75, 3.05) is 0 Å². The summed E-state index contributed by atoms with van der Waals surface area (Å²) in [6.07, 6.45) is 9.13. The molecule has 1 aromatic heterocycles. The van der Waals surface area contributed by atoms with E-state index in [-0.39, 0.29) is 5.56 Å². The number of hydrogen-bond donors (Lipinski definition) is 1. The molecule has 5 rings (SSSR count). The van der Waals surface area contributed by atoms with Crippen LogP contribution in [0.1, 0.15) is 66.2 Å². The van der Waals surface area contributed by atoms with Crippen LogP contribution in [0.2, 0.25) is 0 Å². The molecule has 0 atom stereocenters. The molecular weight excluding hydrogens is 390 g/mol. The topological polar surface area (TPSA) is 37.0 Å². The van der Waals surface area contributed by atoms with Crippen LogP contribution in [0.5, 0.6) is 0 Å². The second-order valence-corrected chi connectivity index (χ2v) is 8.50. The largest absolute Gasteiger partial charge is 0.455 e. The molecule has 0 bridgehead atoms. The summed E-state index contributed by atoms with van der Waals surface area (Å²) in [6, 6.07) is 19.2. The fraction of sp³-hybridized carbons (Fsp3) is 0.233. The van der Waals surface area contributed by atoms with Gasteiger partial charge in [-0.05, 0) is 72.5 Å². The van der Waals surface area contributed by atoms with E-state index >= 15 is 0 Å². The number of para-hydroxylation sites is 1. The van der Waals surface area contributed by atoms with Crippen LogP contribution in [0.4, 0.5) is 0 Å². The van der Waals surface area contributed by atoms with Crippen LogP contribution in [0.25, 0.3) is 33.1 Å². The summed E-state index contributed by atoms with van der Waals surface area (Å²) in [5.74, 6) is -0.480. The van der Waals surface area contributed by atoms with E-state index in [2.05, 4.69) is 12.1 Å². The van der Waals surface area contributed by atoms with Gasteiger partial charge in [0.05, 0.1) is 0 Å². The van der Waals surface area contributed by atoms with Gasteiger partial charge in [-0.2, -0.15) is 0 Å². The van der Waals surface area contributed by atoms with Gasteiger partial charge in [-0.15, -0.1) is 0 Å². The summed E-state index contributed by atoms with van der Waals surface area (Å²) in [5, 5.41) is 9.51. The summed E-state index contributed by atoms with van der Waals surface area (Å²) < 4.78 is 38.1. The number of fused-ring (bicyclic) bond motifs is 3. The average Bonchev–Trinajstić information content (AvgIpc) is 3.47. The lowest BCUT2D eigenvalue weighted by molar-refractivity contribution is 0.667. The van der Waals surface area contributed by atoms with E-state index in [1.54, 1.807) is 18.2 Å². The molecule has 0 spiro atoms. The molecule has 4 aromatic rings. The third-order valence-electron chi connectivity index (χ3n) is 6.39. The zero-order valence-corrected chi connectivity index (χ0v) is 18.2. The molecule has 32 heavy (non-hydrogen) atoms. The van der Waals surface area contributed by atoms with E-state index in [1.807, 2.05) is 49.4 Å². The van der Waals surface area contributed by atoms with Gasteiger partial charge in [0.15, 0.2) is 0 Å². The quantitative estimate of drug-likeness (QED) is 0.253. The fourth-order valence-electron chi connectivity index (χ4n) is 4.73. The van der Waals surface area contributed by atoms with Crippen molar-refractivity contribution in [1.29, 1.82) is 5.41 Å². The van der Waals surface area contributed by atoms with Gasteiger partial charge in [0, 0.05) is 28.0 Å². The predicted molar refractivity (Wildman–Crippen MR) is 137 cm³/mol. The van der Waals surface area contributed by atoms with Gasteiger partial charge in [0.1, 0.15) is 11.2 Å². The predicted octanol–water partition coefficient (Wildman–Crippen LogP) is 8.69. The van der Waals surface area contributed by atoms with Crippen LogP contribution in [-0.2, 0) is 0 Å². The zero-order valence-electron chi connectivity index (χ0n) is 22.2. The lowest BCUT2D eigenvalue weighted by atomic mass is 9.93. The molecule has 0 aliphatic heterocycles. The highest BCUT2D eigenvalue weighted by molar-refractivity contribution is 6.08. The van der Waals surface area contributed by atoms with Gasteiger partial charge >= 0.3 is 0 Å². The Kier molecular flexibility index (Phi) is 4.39. The molecule has 1 aliphatic carbocycles. The first-order valence-corrected chi connectivity index (χ1v) is 11.2. The SMILES string of the molecule is [2H]C([2H])([2H])c1ccc2c(c1)oc1c(/C(C)=C/C(=C\C=N)c3ccc(C4([2H])CCCC4)cc3)cccc12. The summed E-state index contributed by atoms with van der Waals surface area (Å²) in [5.41, 5.74) is 6.37. The van der Waals surface area contributed by atoms with E-state index in [0.717, 1.165) is 64.3 Å². The lowest BCUT2D eigenvalue weighted by Crippen LogP contribution is -1.93. The highest BCUT2D eigenvalue weighted by Gasteiger charge is 2.17. The Morgan fingerprint density at radius 3 is 2.62 bits per heavy atom. The van der Waals surface area contributed by atoms with E-state index in [1.165, 1.54) is 6.21 Å². The van der Waals surface area contributed by atoms with Gasteiger partial charge in [-0.3, -0.25) is 0 Å². The molecular formula is C30H29NO. The Bertz CT molecular complexity index is 1500. The highest BCUT2D eigenvalue weighted by Crippen LogP contribution is 2.36. The van der Waals surface area contributed by atoms with Crippen molar-refractivity contribution in [2.45, 2.75) is 45.4 Å². The van der Waals surface area contributed by atoms with Crippen LogP contribution < -0.4 is 0 Å². The number of furan rings is 1. The van der Waals surface area contributed by atoms with Crippen LogP contribution in [0, 0.1) is 12.3 Å². The maximum Gasteiger partial charge on any atom is 0.142 e. The van der Waals surface area contributed by atoms with Gasteiger partial charge in [-0.25, -0.2) is 0 Å². The zero-order chi connectivity index (χ0) is 25.5. The maximum atomic E-state index is 8.77. The minimum Gasteiger partial charge on any atom is -0.455 e. The van der Waals surface area contributed by atoms with Gasteiger partial charge in [0.25, 0.3) is 0 Å². The molecule has 3 aromatic carbocycles. The molecule has 1 N–H and O–H groups in total.